The molecule has 0 aromatic carbocycles. The largest absolute Gasteiger partial charge is 0.392 e. The van der Waals surface area contributed by atoms with E-state index in [9.17, 15) is 15.0 Å². The minimum Gasteiger partial charge on any atom is -0.392 e. The standard InChI is InChI=1S/C27H47NO3/c1-5-7-15-27(31,16-8-6-2)17-11-13-23-24-19-21(18-22(24)20-25(23)29)12-9-10-14-26(30)28(3)4/h11,13,18,22-25,29,31H,5-10,12,14-17,19-20H2,1-4H3/t22-,23+,24-,25+/m0/s1. The molecule has 1 fully saturated rings. The van der Waals surface area contributed by atoms with Crippen molar-refractivity contribution in [2.75, 3.05) is 14.1 Å². The fourth-order valence-corrected chi connectivity index (χ4v) is 5.43. The lowest BCUT2D eigenvalue weighted by molar-refractivity contribution is -0.128. The summed E-state index contributed by atoms with van der Waals surface area (Å²) in [5.41, 5.74) is 0.925. The zero-order chi connectivity index (χ0) is 22.9. The van der Waals surface area contributed by atoms with Gasteiger partial charge in [-0.25, -0.2) is 0 Å². The highest BCUT2D eigenvalue weighted by Gasteiger charge is 2.43. The van der Waals surface area contributed by atoms with Crippen LogP contribution < -0.4 is 0 Å². The average molecular weight is 434 g/mol. The molecule has 1 saturated carbocycles. The molecule has 2 rings (SSSR count). The first-order valence-corrected chi connectivity index (χ1v) is 12.8. The highest BCUT2D eigenvalue weighted by atomic mass is 16.3. The van der Waals surface area contributed by atoms with Crippen LogP contribution >= 0.6 is 0 Å². The van der Waals surface area contributed by atoms with Crippen LogP contribution in [0.25, 0.3) is 0 Å². The fraction of sp³-hybridized carbons (Fsp3) is 0.815. The van der Waals surface area contributed by atoms with E-state index >= 15 is 0 Å². The Balaban J connectivity index is 1.84. The summed E-state index contributed by atoms with van der Waals surface area (Å²) in [6.45, 7) is 4.35. The van der Waals surface area contributed by atoms with E-state index in [0.717, 1.165) is 70.6 Å². The second-order valence-electron chi connectivity index (χ2n) is 10.3. The van der Waals surface area contributed by atoms with E-state index in [0.29, 0.717) is 24.7 Å². The van der Waals surface area contributed by atoms with Crippen LogP contribution in [0.5, 0.6) is 0 Å². The number of nitrogens with zero attached hydrogens (tertiary/aromatic N) is 1. The molecule has 4 nitrogen and oxygen atoms in total. The molecule has 1 amide bonds. The first-order valence-electron chi connectivity index (χ1n) is 12.8. The van der Waals surface area contributed by atoms with Crippen molar-refractivity contribution in [1.82, 2.24) is 4.90 Å². The number of amides is 1. The van der Waals surface area contributed by atoms with E-state index in [4.69, 9.17) is 0 Å². The van der Waals surface area contributed by atoms with Crippen LogP contribution in [0, 0.1) is 17.8 Å². The normalized spacial score (nSPS) is 25.8. The number of fused-ring (bicyclic) bond motifs is 1. The summed E-state index contributed by atoms with van der Waals surface area (Å²) in [6.07, 6.45) is 19.0. The van der Waals surface area contributed by atoms with Crippen LogP contribution in [0.2, 0.25) is 0 Å². The zero-order valence-electron chi connectivity index (χ0n) is 20.5. The highest BCUT2D eigenvalue weighted by molar-refractivity contribution is 5.75. The Morgan fingerprint density at radius 2 is 1.84 bits per heavy atom. The SMILES string of the molecule is CCCCC(O)(CC=C[C@@H]1[C@H]2CC(CCCCC(=O)N(C)C)=C[C@H]2C[C@H]1O)CCCC. The molecule has 4 heteroatoms. The van der Waals surface area contributed by atoms with Crippen LogP contribution in [0.15, 0.2) is 23.8 Å². The highest BCUT2D eigenvalue weighted by Crippen LogP contribution is 2.48. The predicted molar refractivity (Wildman–Crippen MR) is 129 cm³/mol. The van der Waals surface area contributed by atoms with Gasteiger partial charge in [-0.15, -0.1) is 0 Å². The molecule has 0 bridgehead atoms. The molecule has 0 saturated heterocycles. The van der Waals surface area contributed by atoms with Crippen molar-refractivity contribution < 1.29 is 15.0 Å². The molecule has 2 aliphatic carbocycles. The van der Waals surface area contributed by atoms with E-state index in [1.54, 1.807) is 4.90 Å². The summed E-state index contributed by atoms with van der Waals surface area (Å²) in [4.78, 5) is 13.4. The Labute approximate surface area is 190 Å². The van der Waals surface area contributed by atoms with E-state index < -0.39 is 5.60 Å². The van der Waals surface area contributed by atoms with Crippen molar-refractivity contribution in [3.63, 3.8) is 0 Å². The summed E-state index contributed by atoms with van der Waals surface area (Å²) in [6, 6.07) is 0. The minimum atomic E-state index is -0.589. The lowest BCUT2D eigenvalue weighted by atomic mass is 9.85. The van der Waals surface area contributed by atoms with Gasteiger partial charge in [0.15, 0.2) is 0 Å². The number of carbonyl (C=O) groups is 1. The Morgan fingerprint density at radius 3 is 2.45 bits per heavy atom. The number of hydrogen-bond donors (Lipinski definition) is 2. The Morgan fingerprint density at radius 1 is 1.16 bits per heavy atom. The molecule has 2 aliphatic rings. The maximum Gasteiger partial charge on any atom is 0.222 e. The zero-order valence-corrected chi connectivity index (χ0v) is 20.5. The molecular weight excluding hydrogens is 386 g/mol. The van der Waals surface area contributed by atoms with Crippen molar-refractivity contribution in [2.45, 2.75) is 109 Å². The Kier molecular flexibility index (Phi) is 10.8. The second-order valence-corrected chi connectivity index (χ2v) is 10.3. The number of carbonyl (C=O) groups excluding carboxylic acids is 1. The van der Waals surface area contributed by atoms with Crippen molar-refractivity contribution in [3.05, 3.63) is 23.8 Å². The van der Waals surface area contributed by atoms with Crippen molar-refractivity contribution in [3.8, 4) is 0 Å². The van der Waals surface area contributed by atoms with Gasteiger partial charge in [-0.2, -0.15) is 0 Å². The number of aliphatic hydroxyl groups excluding tert-OH is 1. The molecule has 0 unspecified atom stereocenters. The lowest BCUT2D eigenvalue weighted by Gasteiger charge is -2.27. The van der Waals surface area contributed by atoms with E-state index in [-0.39, 0.29) is 17.9 Å². The quantitative estimate of drug-likeness (QED) is 0.275. The molecule has 0 heterocycles. The number of rotatable bonds is 14. The predicted octanol–water partition coefficient (Wildman–Crippen LogP) is 5.64. The van der Waals surface area contributed by atoms with Crippen LogP contribution in [0.3, 0.4) is 0 Å². The minimum absolute atomic E-state index is 0.204. The van der Waals surface area contributed by atoms with Gasteiger partial charge in [0.05, 0.1) is 11.7 Å². The molecule has 2 N–H and O–H groups in total. The van der Waals surface area contributed by atoms with Crippen molar-refractivity contribution >= 4 is 5.91 Å². The molecule has 31 heavy (non-hydrogen) atoms. The van der Waals surface area contributed by atoms with Gasteiger partial charge in [0.25, 0.3) is 0 Å². The Bertz CT molecular complexity index is 602. The summed E-state index contributed by atoms with van der Waals surface area (Å²) in [7, 11) is 3.63. The molecule has 178 valence electrons. The van der Waals surface area contributed by atoms with E-state index in [1.165, 1.54) is 5.57 Å². The van der Waals surface area contributed by atoms with Gasteiger partial charge in [0.2, 0.25) is 5.91 Å². The maximum atomic E-state index is 11.7. The number of hydrogen-bond acceptors (Lipinski definition) is 3. The summed E-state index contributed by atoms with van der Waals surface area (Å²) in [5, 5.41) is 21.7. The lowest BCUT2D eigenvalue weighted by Crippen LogP contribution is -2.28. The molecule has 0 aromatic rings. The van der Waals surface area contributed by atoms with Gasteiger partial charge in [-0.05, 0) is 63.2 Å². The third-order valence-corrected chi connectivity index (χ3v) is 7.43. The van der Waals surface area contributed by atoms with Crippen LogP contribution in [-0.2, 0) is 4.79 Å². The van der Waals surface area contributed by atoms with Gasteiger partial charge in [0.1, 0.15) is 0 Å². The maximum absolute atomic E-state index is 11.7. The van der Waals surface area contributed by atoms with Gasteiger partial charge in [-0.1, -0.05) is 63.3 Å². The topological polar surface area (TPSA) is 60.8 Å². The summed E-state index contributed by atoms with van der Waals surface area (Å²) >= 11 is 0. The van der Waals surface area contributed by atoms with Gasteiger partial charge >= 0.3 is 0 Å². The molecule has 0 aromatic heterocycles. The number of aliphatic hydroxyl groups is 2. The van der Waals surface area contributed by atoms with Crippen molar-refractivity contribution in [2.24, 2.45) is 17.8 Å². The monoisotopic (exact) mass is 433 g/mol. The second kappa shape index (κ2) is 12.8. The Hall–Kier alpha value is -1.13. The number of unbranched alkanes of at least 4 members (excludes halogenated alkanes) is 3. The molecule has 4 atom stereocenters. The van der Waals surface area contributed by atoms with Gasteiger partial charge < -0.3 is 15.1 Å². The van der Waals surface area contributed by atoms with E-state index in [2.05, 4.69) is 32.1 Å². The first kappa shape index (κ1) is 26.1. The summed E-state index contributed by atoms with van der Waals surface area (Å²) < 4.78 is 0. The molecular formula is C27H47NO3. The van der Waals surface area contributed by atoms with Crippen LogP contribution in [0.1, 0.15) is 97.3 Å². The molecule has 0 radical (unpaired) electrons. The van der Waals surface area contributed by atoms with Gasteiger partial charge in [-0.3, -0.25) is 4.79 Å². The van der Waals surface area contributed by atoms with E-state index in [1.807, 2.05) is 14.1 Å². The third kappa shape index (κ3) is 8.05. The number of allylic oxidation sites excluding steroid dienone is 2. The van der Waals surface area contributed by atoms with Crippen LogP contribution in [-0.4, -0.2) is 46.8 Å². The summed E-state index contributed by atoms with van der Waals surface area (Å²) in [5.74, 6) is 1.41. The first-order chi connectivity index (χ1) is 14.8. The average Bonchev–Trinajstić information content (AvgIpc) is 3.25. The molecule has 0 aliphatic heterocycles. The van der Waals surface area contributed by atoms with Crippen molar-refractivity contribution in [1.29, 1.82) is 0 Å². The smallest absolute Gasteiger partial charge is 0.222 e. The third-order valence-electron chi connectivity index (χ3n) is 7.43. The van der Waals surface area contributed by atoms with Gasteiger partial charge in [0, 0.05) is 26.4 Å². The van der Waals surface area contributed by atoms with Crippen LogP contribution in [0.4, 0.5) is 0 Å². The fourth-order valence-electron chi connectivity index (χ4n) is 5.43. The molecule has 0 spiro atoms.